The Morgan fingerprint density at radius 2 is 2.11 bits per heavy atom. The van der Waals surface area contributed by atoms with Crippen molar-refractivity contribution in [2.75, 3.05) is 0 Å². The minimum absolute atomic E-state index is 0.110. The van der Waals surface area contributed by atoms with Gasteiger partial charge in [-0.1, -0.05) is 48.8 Å². The molecule has 0 radical (unpaired) electrons. The quantitative estimate of drug-likeness (QED) is 0.590. The summed E-state index contributed by atoms with van der Waals surface area (Å²) in [5, 5.41) is 0. The van der Waals surface area contributed by atoms with E-state index in [-0.39, 0.29) is 9.52 Å². The van der Waals surface area contributed by atoms with E-state index in [1.807, 2.05) is 5.70 Å². The smallest absolute Gasteiger partial charge is 0.0718 e. The molecule has 0 bridgehead atoms. The topological polar surface area (TPSA) is 0 Å². The van der Waals surface area contributed by atoms with E-state index in [4.69, 9.17) is 23.2 Å². The summed E-state index contributed by atoms with van der Waals surface area (Å²) in [6.07, 6.45) is 0. The van der Waals surface area contributed by atoms with E-state index in [9.17, 15) is 0 Å². The summed E-state index contributed by atoms with van der Waals surface area (Å²) in [4.78, 5) is 0. The highest BCUT2D eigenvalue weighted by atomic mass is 35.5. The summed E-state index contributed by atoms with van der Waals surface area (Å²) in [6.45, 7) is 4.42. The second-order valence-electron chi connectivity index (χ2n) is 2.46. The molecule has 0 aromatic carbocycles. The predicted octanol–water partition coefficient (Wildman–Crippen LogP) is 2.51. The molecule has 0 atom stereocenters. The van der Waals surface area contributed by atoms with Crippen LogP contribution in [0.25, 0.3) is 0 Å². The number of rotatable bonds is 3. The van der Waals surface area contributed by atoms with Crippen LogP contribution < -0.4 is 0 Å². The van der Waals surface area contributed by atoms with E-state index >= 15 is 0 Å². The molecule has 0 aromatic rings. The molecule has 0 unspecified atom stereocenters. The van der Waals surface area contributed by atoms with Crippen LogP contribution in [0.2, 0.25) is 6.04 Å². The molecule has 3 heteroatoms. The van der Waals surface area contributed by atoms with Crippen LogP contribution in [0.3, 0.4) is 0 Å². The molecule has 0 heterocycles. The molecular formula is C6H12Cl2Si. The van der Waals surface area contributed by atoms with E-state index in [1.54, 1.807) is 0 Å². The molecule has 0 aliphatic rings. The van der Waals surface area contributed by atoms with Crippen LogP contribution in [0.1, 0.15) is 13.8 Å². The third kappa shape index (κ3) is 8.54. The van der Waals surface area contributed by atoms with Gasteiger partial charge in [0.05, 0.1) is 4.49 Å². The average molecular weight is 183 g/mol. The summed E-state index contributed by atoms with van der Waals surface area (Å²) < 4.78 is 0.447. The Morgan fingerprint density at radius 1 is 1.56 bits per heavy atom. The summed E-state index contributed by atoms with van der Waals surface area (Å²) in [7, 11) is -0.110. The molecule has 0 aliphatic carbocycles. The highest BCUT2D eigenvalue weighted by Gasteiger charge is 1.91. The van der Waals surface area contributed by atoms with E-state index in [1.165, 1.54) is 6.04 Å². The molecule has 0 nitrogen and oxygen atoms in total. The lowest BCUT2D eigenvalue weighted by molar-refractivity contribution is 0.732. The van der Waals surface area contributed by atoms with Crippen molar-refractivity contribution in [2.45, 2.75) is 19.9 Å². The van der Waals surface area contributed by atoms with Crippen molar-refractivity contribution in [3.63, 3.8) is 0 Å². The fraction of sp³-hybridized carbons (Fsp3) is 0.667. The minimum atomic E-state index is -0.110. The lowest BCUT2D eigenvalue weighted by atomic mass is 10.3. The van der Waals surface area contributed by atoms with Crippen LogP contribution in [-0.4, -0.2) is 9.52 Å². The molecule has 0 aromatic heterocycles. The first-order chi connectivity index (χ1) is 4.13. The first kappa shape index (κ1) is 9.54. The molecule has 9 heavy (non-hydrogen) atoms. The lowest BCUT2D eigenvalue weighted by Crippen LogP contribution is -1.91. The van der Waals surface area contributed by atoms with Crippen LogP contribution in [0.4, 0.5) is 0 Å². The van der Waals surface area contributed by atoms with E-state index in [0.717, 1.165) is 5.92 Å². The Labute approximate surface area is 69.1 Å². The molecular weight excluding hydrogens is 171 g/mol. The summed E-state index contributed by atoms with van der Waals surface area (Å²) in [5.41, 5.74) is 1.98. The predicted molar refractivity (Wildman–Crippen MR) is 48.0 cm³/mol. The fourth-order valence-corrected chi connectivity index (χ4v) is 2.23. The standard InChI is InChI=1S/C6H12Cl2Si/c1-5(2)3-9-4-6(7)8/h4-5H,3,9H2,1-2H3. The van der Waals surface area contributed by atoms with Gasteiger partial charge in [0.2, 0.25) is 0 Å². The zero-order chi connectivity index (χ0) is 7.28. The van der Waals surface area contributed by atoms with Crippen LogP contribution in [0, 0.1) is 5.92 Å². The van der Waals surface area contributed by atoms with E-state index in [0.29, 0.717) is 4.49 Å². The van der Waals surface area contributed by atoms with E-state index < -0.39 is 0 Å². The third-order valence-electron chi connectivity index (χ3n) is 1.04. The van der Waals surface area contributed by atoms with Crippen LogP contribution in [-0.2, 0) is 0 Å². The van der Waals surface area contributed by atoms with Gasteiger partial charge < -0.3 is 0 Å². The van der Waals surface area contributed by atoms with E-state index in [2.05, 4.69) is 13.8 Å². The summed E-state index contributed by atoms with van der Waals surface area (Å²) in [5.74, 6) is 0.792. The largest absolute Gasteiger partial charge is 0.0980 e. The normalized spacial score (nSPS) is 11.2. The maximum absolute atomic E-state index is 5.42. The van der Waals surface area contributed by atoms with Crippen LogP contribution in [0.5, 0.6) is 0 Å². The first-order valence-corrected chi connectivity index (χ1v) is 5.71. The first-order valence-electron chi connectivity index (χ1n) is 3.14. The van der Waals surface area contributed by atoms with Crippen LogP contribution in [0.15, 0.2) is 10.2 Å². The second kappa shape index (κ2) is 5.33. The van der Waals surface area contributed by atoms with Gasteiger partial charge in [-0.2, -0.15) is 0 Å². The maximum Gasteiger partial charge on any atom is 0.0980 e. The van der Waals surface area contributed by atoms with Crippen molar-refractivity contribution in [3.05, 3.63) is 10.2 Å². The van der Waals surface area contributed by atoms with Gasteiger partial charge in [0.1, 0.15) is 0 Å². The molecule has 0 amide bonds. The van der Waals surface area contributed by atoms with Crippen molar-refractivity contribution >= 4 is 32.7 Å². The highest BCUT2D eigenvalue weighted by Crippen LogP contribution is 2.06. The van der Waals surface area contributed by atoms with Gasteiger partial charge in [-0.15, -0.1) is 0 Å². The van der Waals surface area contributed by atoms with Gasteiger partial charge in [0.15, 0.2) is 0 Å². The van der Waals surface area contributed by atoms with Crippen molar-refractivity contribution in [3.8, 4) is 0 Å². The van der Waals surface area contributed by atoms with Crippen molar-refractivity contribution in [1.82, 2.24) is 0 Å². The Bertz CT molecular complexity index is 95.2. The number of halogens is 2. The molecule has 0 N–H and O–H groups in total. The zero-order valence-corrected chi connectivity index (χ0v) is 8.75. The van der Waals surface area contributed by atoms with Gasteiger partial charge in [-0.05, 0) is 5.92 Å². The van der Waals surface area contributed by atoms with Gasteiger partial charge >= 0.3 is 0 Å². The SMILES string of the molecule is CC(C)C[SiH2]C=C(Cl)Cl. The zero-order valence-electron chi connectivity index (χ0n) is 5.82. The second-order valence-corrected chi connectivity index (χ2v) is 5.04. The van der Waals surface area contributed by atoms with Gasteiger partial charge in [-0.25, -0.2) is 0 Å². The molecule has 0 fully saturated rings. The van der Waals surface area contributed by atoms with Gasteiger partial charge in [0.25, 0.3) is 0 Å². The monoisotopic (exact) mass is 182 g/mol. The average Bonchev–Trinajstić information content (AvgIpc) is 1.63. The molecule has 0 spiro atoms. The minimum Gasteiger partial charge on any atom is -0.0718 e. The van der Waals surface area contributed by atoms with Crippen LogP contribution >= 0.6 is 23.2 Å². The summed E-state index contributed by atoms with van der Waals surface area (Å²) >= 11 is 10.8. The van der Waals surface area contributed by atoms with Crippen molar-refractivity contribution in [1.29, 1.82) is 0 Å². The highest BCUT2D eigenvalue weighted by molar-refractivity contribution is 6.60. The van der Waals surface area contributed by atoms with Crippen molar-refractivity contribution < 1.29 is 0 Å². The van der Waals surface area contributed by atoms with Gasteiger partial charge in [0, 0.05) is 9.52 Å². The fourth-order valence-electron chi connectivity index (χ4n) is 0.526. The van der Waals surface area contributed by atoms with Crippen molar-refractivity contribution in [2.24, 2.45) is 5.92 Å². The number of hydrogen-bond donors (Lipinski definition) is 0. The molecule has 0 saturated carbocycles. The maximum atomic E-state index is 5.42. The Kier molecular flexibility index (Phi) is 5.65. The van der Waals surface area contributed by atoms with Gasteiger partial charge in [-0.3, -0.25) is 0 Å². The Morgan fingerprint density at radius 3 is 2.44 bits per heavy atom. The molecule has 54 valence electrons. The molecule has 0 rings (SSSR count). The molecule has 0 aliphatic heterocycles. The number of hydrogen-bond acceptors (Lipinski definition) is 0. The Balaban J connectivity index is 3.20. The Hall–Kier alpha value is 0.537. The third-order valence-corrected chi connectivity index (χ3v) is 4.05. The lowest BCUT2D eigenvalue weighted by Gasteiger charge is -1.97. The summed E-state index contributed by atoms with van der Waals surface area (Å²) in [6, 6.07) is 1.29. The molecule has 0 saturated heterocycles.